The van der Waals surface area contributed by atoms with Gasteiger partial charge in [-0.1, -0.05) is 23.7 Å². The van der Waals surface area contributed by atoms with Gasteiger partial charge in [0.05, 0.1) is 13.2 Å². The summed E-state index contributed by atoms with van der Waals surface area (Å²) in [5.41, 5.74) is 0.242. The van der Waals surface area contributed by atoms with Crippen molar-refractivity contribution in [1.29, 1.82) is 0 Å². The van der Waals surface area contributed by atoms with Crippen molar-refractivity contribution in [3.8, 4) is 0 Å². The summed E-state index contributed by atoms with van der Waals surface area (Å²) < 4.78 is 10.2. The maximum absolute atomic E-state index is 12.3. The first-order valence-electron chi connectivity index (χ1n) is 11.4. The minimum atomic E-state index is -0.567. The fourth-order valence-corrected chi connectivity index (χ4v) is 4.19. The largest absolute Gasteiger partial charge is 0.465 e. The molecule has 0 aromatic heterocycles. The van der Waals surface area contributed by atoms with Crippen molar-refractivity contribution in [2.45, 2.75) is 70.4 Å². The normalized spacial score (nSPS) is 20.6. The fourth-order valence-electron chi connectivity index (χ4n) is 4.00. The summed E-state index contributed by atoms with van der Waals surface area (Å²) in [6, 6.07) is 7.91. The molecule has 1 fully saturated rings. The van der Waals surface area contributed by atoms with E-state index in [0.717, 1.165) is 31.2 Å². The average Bonchev–Trinajstić information content (AvgIpc) is 2.74. The zero-order chi connectivity index (χ0) is 24.5. The molecule has 0 heterocycles. The lowest BCUT2D eigenvalue weighted by Crippen LogP contribution is -2.48. The number of ether oxygens (including phenoxy) is 2. The van der Waals surface area contributed by atoms with Gasteiger partial charge in [0.1, 0.15) is 12.1 Å². The molecule has 2 rings (SSSR count). The van der Waals surface area contributed by atoms with Crippen LogP contribution in [0.1, 0.15) is 58.9 Å². The van der Waals surface area contributed by atoms with Crippen LogP contribution in [0.15, 0.2) is 24.3 Å². The van der Waals surface area contributed by atoms with E-state index in [2.05, 4.69) is 16.0 Å². The van der Waals surface area contributed by atoms with Gasteiger partial charge in [0.15, 0.2) is 0 Å². The summed E-state index contributed by atoms with van der Waals surface area (Å²) in [5.74, 6) is -0.700. The maximum atomic E-state index is 12.3. The number of benzene rings is 1. The number of halogens is 1. The van der Waals surface area contributed by atoms with Crippen LogP contribution in [0, 0.1) is 0 Å². The van der Waals surface area contributed by atoms with Crippen LogP contribution in [0.25, 0.3) is 0 Å². The first-order chi connectivity index (χ1) is 15.5. The van der Waals surface area contributed by atoms with Gasteiger partial charge in [-0.3, -0.25) is 9.59 Å². The van der Waals surface area contributed by atoms with Crippen LogP contribution in [0.4, 0.5) is 4.79 Å². The van der Waals surface area contributed by atoms with Gasteiger partial charge < -0.3 is 25.4 Å². The highest BCUT2D eigenvalue weighted by Crippen LogP contribution is 2.40. The van der Waals surface area contributed by atoms with E-state index in [1.807, 2.05) is 45.0 Å². The van der Waals surface area contributed by atoms with E-state index >= 15 is 0 Å². The van der Waals surface area contributed by atoms with Crippen LogP contribution < -0.4 is 16.0 Å². The molecule has 1 aliphatic rings. The second-order valence-electron chi connectivity index (χ2n) is 9.38. The third kappa shape index (κ3) is 9.21. The molecular formula is C24H36ClN3O5. The van der Waals surface area contributed by atoms with Crippen molar-refractivity contribution in [3.05, 3.63) is 34.9 Å². The standard InChI is InChI=1S/C24H36ClN3O5/c1-5-32-21(30)15-27-20(29)14-26-19-9-11-24(12-10-19,17-7-6-8-18(25)13-17)16-28-22(31)33-23(2,3)4/h6-8,13,19,26H,5,9-12,14-16H2,1-4H3,(H,27,29)(H,28,31). The van der Waals surface area contributed by atoms with Gasteiger partial charge in [-0.05, 0) is 71.1 Å². The van der Waals surface area contributed by atoms with Gasteiger partial charge in [0.25, 0.3) is 0 Å². The molecule has 0 aliphatic heterocycles. The van der Waals surface area contributed by atoms with E-state index in [1.54, 1.807) is 6.92 Å². The first kappa shape index (κ1) is 26.9. The molecule has 33 heavy (non-hydrogen) atoms. The molecule has 1 saturated carbocycles. The number of esters is 1. The van der Waals surface area contributed by atoms with Gasteiger partial charge in [0, 0.05) is 23.0 Å². The fraction of sp³-hybridized carbons (Fsp3) is 0.625. The van der Waals surface area contributed by atoms with Gasteiger partial charge >= 0.3 is 12.1 Å². The Morgan fingerprint density at radius 3 is 2.42 bits per heavy atom. The van der Waals surface area contributed by atoms with Crippen LogP contribution in [0.5, 0.6) is 0 Å². The first-order valence-corrected chi connectivity index (χ1v) is 11.8. The van der Waals surface area contributed by atoms with Crippen molar-refractivity contribution < 1.29 is 23.9 Å². The zero-order valence-corrected chi connectivity index (χ0v) is 20.7. The van der Waals surface area contributed by atoms with Crippen LogP contribution in [-0.4, -0.2) is 55.9 Å². The molecule has 184 valence electrons. The summed E-state index contributed by atoms with van der Waals surface area (Å²) in [4.78, 5) is 35.7. The SMILES string of the molecule is CCOC(=O)CNC(=O)CNC1CCC(CNC(=O)OC(C)(C)C)(c2cccc(Cl)c2)CC1. The number of hydrogen-bond acceptors (Lipinski definition) is 6. The number of hydrogen-bond donors (Lipinski definition) is 3. The topological polar surface area (TPSA) is 106 Å². The number of nitrogens with one attached hydrogen (secondary N) is 3. The Labute approximate surface area is 201 Å². The van der Waals surface area contributed by atoms with Crippen LogP contribution in [0.2, 0.25) is 5.02 Å². The Kier molecular flexibility index (Phi) is 9.98. The molecule has 0 spiro atoms. The molecule has 1 aromatic carbocycles. The molecule has 0 unspecified atom stereocenters. The summed E-state index contributed by atoms with van der Waals surface area (Å²) in [6.07, 6.45) is 2.83. The highest BCUT2D eigenvalue weighted by molar-refractivity contribution is 6.30. The Balaban J connectivity index is 1.94. The molecule has 0 bridgehead atoms. The van der Waals surface area contributed by atoms with Crippen molar-refractivity contribution in [2.75, 3.05) is 26.2 Å². The van der Waals surface area contributed by atoms with E-state index in [4.69, 9.17) is 21.1 Å². The van der Waals surface area contributed by atoms with E-state index in [-0.39, 0.29) is 37.1 Å². The third-order valence-electron chi connectivity index (χ3n) is 5.64. The van der Waals surface area contributed by atoms with Crippen molar-refractivity contribution in [3.63, 3.8) is 0 Å². The monoisotopic (exact) mass is 481 g/mol. The Bertz CT molecular complexity index is 817. The summed E-state index contributed by atoms with van der Waals surface area (Å²) in [5, 5.41) is 9.42. The Morgan fingerprint density at radius 1 is 1.12 bits per heavy atom. The van der Waals surface area contributed by atoms with Crippen LogP contribution in [0.3, 0.4) is 0 Å². The minimum absolute atomic E-state index is 0.129. The molecule has 0 atom stereocenters. The molecule has 2 amide bonds. The number of carbonyl (C=O) groups is 3. The van der Waals surface area contributed by atoms with Gasteiger partial charge in [-0.15, -0.1) is 0 Å². The number of alkyl carbamates (subject to hydrolysis) is 1. The second kappa shape index (κ2) is 12.2. The molecular weight excluding hydrogens is 446 g/mol. The minimum Gasteiger partial charge on any atom is -0.465 e. The third-order valence-corrected chi connectivity index (χ3v) is 5.87. The quantitative estimate of drug-likeness (QED) is 0.467. The molecule has 1 aromatic rings. The summed E-state index contributed by atoms with van der Waals surface area (Å²) in [7, 11) is 0. The van der Waals surface area contributed by atoms with Gasteiger partial charge in [0.2, 0.25) is 5.91 Å². The lowest BCUT2D eigenvalue weighted by atomic mass is 9.68. The van der Waals surface area contributed by atoms with Gasteiger partial charge in [-0.25, -0.2) is 4.79 Å². The van der Waals surface area contributed by atoms with E-state index < -0.39 is 17.7 Å². The van der Waals surface area contributed by atoms with Crippen molar-refractivity contribution in [1.82, 2.24) is 16.0 Å². The van der Waals surface area contributed by atoms with E-state index in [1.165, 1.54) is 0 Å². The maximum Gasteiger partial charge on any atom is 0.407 e. The molecule has 0 radical (unpaired) electrons. The van der Waals surface area contributed by atoms with Crippen LogP contribution >= 0.6 is 11.6 Å². The summed E-state index contributed by atoms with van der Waals surface area (Å²) >= 11 is 6.26. The molecule has 8 nitrogen and oxygen atoms in total. The lowest BCUT2D eigenvalue weighted by molar-refractivity contribution is -0.143. The van der Waals surface area contributed by atoms with Gasteiger partial charge in [-0.2, -0.15) is 0 Å². The van der Waals surface area contributed by atoms with Crippen molar-refractivity contribution in [2.24, 2.45) is 0 Å². The molecule has 9 heteroatoms. The van der Waals surface area contributed by atoms with Crippen LogP contribution in [-0.2, 0) is 24.5 Å². The molecule has 1 aliphatic carbocycles. The highest BCUT2D eigenvalue weighted by Gasteiger charge is 2.37. The predicted molar refractivity (Wildman–Crippen MR) is 127 cm³/mol. The molecule has 3 N–H and O–H groups in total. The van der Waals surface area contributed by atoms with Crippen molar-refractivity contribution >= 4 is 29.6 Å². The molecule has 0 saturated heterocycles. The number of rotatable bonds is 9. The predicted octanol–water partition coefficient (Wildman–Crippen LogP) is 3.31. The number of amides is 2. The average molecular weight is 482 g/mol. The van der Waals surface area contributed by atoms with E-state index in [0.29, 0.717) is 11.6 Å². The Hall–Kier alpha value is -2.32. The highest BCUT2D eigenvalue weighted by atomic mass is 35.5. The summed E-state index contributed by atoms with van der Waals surface area (Å²) in [6.45, 7) is 7.94. The smallest absolute Gasteiger partial charge is 0.407 e. The lowest BCUT2D eigenvalue weighted by Gasteiger charge is -2.41. The van der Waals surface area contributed by atoms with E-state index in [9.17, 15) is 14.4 Å². The number of carbonyl (C=O) groups excluding carboxylic acids is 3. The second-order valence-corrected chi connectivity index (χ2v) is 9.82. The Morgan fingerprint density at radius 2 is 1.82 bits per heavy atom. The zero-order valence-electron chi connectivity index (χ0n) is 20.0.